The Labute approximate surface area is 98.8 Å². The summed E-state index contributed by atoms with van der Waals surface area (Å²) in [5, 5.41) is 0. The molecule has 1 unspecified atom stereocenters. The number of nitrogens with two attached hydrogens (primary N) is 1. The molecule has 3 N–H and O–H groups in total. The number of aromatic nitrogens is 1. The third-order valence-corrected chi connectivity index (χ3v) is 3.27. The molecule has 0 amide bonds. The monoisotopic (exact) mass is 233 g/mol. The molecule has 0 radical (unpaired) electrons. The number of hydrogen-bond acceptors (Lipinski definition) is 4. The molecule has 0 aromatic carbocycles. The van der Waals surface area contributed by atoms with Crippen molar-refractivity contribution in [3.63, 3.8) is 0 Å². The Morgan fingerprint density at radius 2 is 2.12 bits per heavy atom. The van der Waals surface area contributed by atoms with Crippen LogP contribution in [0.5, 0.6) is 0 Å². The van der Waals surface area contributed by atoms with E-state index in [-0.39, 0.29) is 17.0 Å². The van der Waals surface area contributed by atoms with Gasteiger partial charge in [-0.25, -0.2) is 4.99 Å². The fourth-order valence-corrected chi connectivity index (χ4v) is 2.00. The molecule has 2 heterocycles. The number of aliphatic imine (C=N–C) groups is 1. The molecule has 0 aliphatic carbocycles. The van der Waals surface area contributed by atoms with Crippen LogP contribution in [0.25, 0.3) is 0 Å². The van der Waals surface area contributed by atoms with Gasteiger partial charge in [0.15, 0.2) is 5.43 Å². The molecule has 2 rings (SSSR count). The fraction of sp³-hybridized carbons (Fsp3) is 0.417. The van der Waals surface area contributed by atoms with Crippen molar-refractivity contribution in [3.05, 3.63) is 27.0 Å². The van der Waals surface area contributed by atoms with Crippen LogP contribution in [0.15, 0.2) is 9.79 Å². The Hall–Kier alpha value is -1.91. The summed E-state index contributed by atoms with van der Waals surface area (Å²) in [6.45, 7) is 5.05. The Morgan fingerprint density at radius 3 is 2.71 bits per heavy atom. The minimum absolute atomic E-state index is 0.0428. The zero-order chi connectivity index (χ0) is 12.7. The molecule has 1 aromatic heterocycles. The lowest BCUT2D eigenvalue weighted by Gasteiger charge is -2.20. The van der Waals surface area contributed by atoms with Crippen LogP contribution in [-0.2, 0) is 11.2 Å². The largest absolute Gasteiger partial charge is 0.386 e. The van der Waals surface area contributed by atoms with Gasteiger partial charge in [0, 0.05) is 16.8 Å². The van der Waals surface area contributed by atoms with Gasteiger partial charge in [-0.15, -0.1) is 0 Å². The first kappa shape index (κ1) is 11.6. The van der Waals surface area contributed by atoms with Crippen LogP contribution >= 0.6 is 0 Å². The summed E-state index contributed by atoms with van der Waals surface area (Å²) < 4.78 is 0. The minimum Gasteiger partial charge on any atom is -0.386 e. The summed E-state index contributed by atoms with van der Waals surface area (Å²) >= 11 is 0. The molecule has 1 aliphatic heterocycles. The van der Waals surface area contributed by atoms with Gasteiger partial charge in [0.25, 0.3) is 0 Å². The van der Waals surface area contributed by atoms with Crippen LogP contribution in [-0.4, -0.2) is 16.6 Å². The van der Waals surface area contributed by atoms with E-state index in [2.05, 4.69) is 9.98 Å². The highest BCUT2D eigenvalue weighted by atomic mass is 16.1. The van der Waals surface area contributed by atoms with Gasteiger partial charge in [0.1, 0.15) is 17.4 Å². The van der Waals surface area contributed by atoms with Gasteiger partial charge < -0.3 is 10.7 Å². The number of carbonyl (C=O) groups excluding carboxylic acids is 1. The number of carbonyl (C=O) groups is 1. The highest BCUT2D eigenvalue weighted by Gasteiger charge is 2.27. The molecule has 0 fully saturated rings. The van der Waals surface area contributed by atoms with Crippen molar-refractivity contribution in [2.75, 3.05) is 0 Å². The number of nitrogens with one attached hydrogen (secondary N) is 1. The van der Waals surface area contributed by atoms with E-state index in [4.69, 9.17) is 5.73 Å². The molecule has 90 valence electrons. The smallest absolute Gasteiger partial charge is 0.190 e. The van der Waals surface area contributed by atoms with E-state index in [1.807, 2.05) is 6.92 Å². The molecular formula is C12H15N3O2. The second kappa shape index (κ2) is 3.84. The highest BCUT2D eigenvalue weighted by Crippen LogP contribution is 2.24. The van der Waals surface area contributed by atoms with Crippen LogP contribution in [0.3, 0.4) is 0 Å². The molecule has 0 saturated carbocycles. The Balaban J connectivity index is 2.64. The lowest BCUT2D eigenvalue weighted by molar-refractivity contribution is -0.118. The number of hydrogen-bond donors (Lipinski definition) is 2. The lowest BCUT2D eigenvalue weighted by Crippen LogP contribution is -2.35. The number of Topliss-reactive ketones (excluding diaryl/α,β-unsaturated/α-hetero) is 1. The maximum absolute atomic E-state index is 12.1. The van der Waals surface area contributed by atoms with Crippen LogP contribution < -0.4 is 11.2 Å². The van der Waals surface area contributed by atoms with Crippen molar-refractivity contribution in [2.45, 2.75) is 27.2 Å². The first-order valence-electron chi connectivity index (χ1n) is 5.48. The number of fused-ring (bicyclic) bond motifs is 1. The summed E-state index contributed by atoms with van der Waals surface area (Å²) in [4.78, 5) is 30.7. The van der Waals surface area contributed by atoms with E-state index in [9.17, 15) is 9.59 Å². The zero-order valence-electron chi connectivity index (χ0n) is 10.1. The van der Waals surface area contributed by atoms with E-state index >= 15 is 0 Å². The maximum Gasteiger partial charge on any atom is 0.190 e. The van der Waals surface area contributed by atoms with Crippen molar-refractivity contribution in [1.82, 2.24) is 4.98 Å². The van der Waals surface area contributed by atoms with Crippen molar-refractivity contribution < 1.29 is 4.79 Å². The molecule has 1 aromatic rings. The Bertz CT molecular complexity index is 584. The average Bonchev–Trinajstić information content (AvgIpc) is 2.25. The van der Waals surface area contributed by atoms with E-state index in [0.717, 1.165) is 5.69 Å². The number of aryl methyl sites for hydroxylation is 1. The third kappa shape index (κ3) is 1.77. The van der Waals surface area contributed by atoms with Crippen LogP contribution in [0.2, 0.25) is 0 Å². The van der Waals surface area contributed by atoms with Gasteiger partial charge in [-0.05, 0) is 27.2 Å². The normalized spacial score (nSPS) is 18.5. The maximum atomic E-state index is 12.1. The first-order valence-corrected chi connectivity index (χ1v) is 5.48. The number of ketones is 1. The first-order chi connectivity index (χ1) is 7.91. The van der Waals surface area contributed by atoms with Crippen LogP contribution in [0, 0.1) is 19.8 Å². The minimum atomic E-state index is -0.467. The van der Waals surface area contributed by atoms with Gasteiger partial charge in [-0.1, -0.05) is 0 Å². The molecule has 0 spiro atoms. The molecule has 5 heteroatoms. The molecule has 17 heavy (non-hydrogen) atoms. The quantitative estimate of drug-likeness (QED) is 0.749. The van der Waals surface area contributed by atoms with E-state index in [1.165, 1.54) is 6.92 Å². The van der Waals surface area contributed by atoms with Crippen molar-refractivity contribution in [2.24, 2.45) is 16.6 Å². The van der Waals surface area contributed by atoms with Crippen LogP contribution in [0.1, 0.15) is 23.7 Å². The predicted octanol–water partition coefficient (Wildman–Crippen LogP) is 0.742. The Morgan fingerprint density at radius 1 is 1.47 bits per heavy atom. The second-order valence-corrected chi connectivity index (χ2v) is 4.44. The van der Waals surface area contributed by atoms with Gasteiger partial charge in [-0.2, -0.15) is 0 Å². The summed E-state index contributed by atoms with van der Waals surface area (Å²) in [5.41, 5.74) is 7.71. The average molecular weight is 233 g/mol. The number of aromatic amines is 1. The van der Waals surface area contributed by atoms with Gasteiger partial charge >= 0.3 is 0 Å². The molecule has 1 aliphatic rings. The number of amidine groups is 1. The van der Waals surface area contributed by atoms with E-state index in [0.29, 0.717) is 23.4 Å². The summed E-state index contributed by atoms with van der Waals surface area (Å²) in [7, 11) is 0. The van der Waals surface area contributed by atoms with Gasteiger partial charge in [-0.3, -0.25) is 9.59 Å². The molecule has 0 saturated heterocycles. The molecule has 5 nitrogen and oxygen atoms in total. The fourth-order valence-electron chi connectivity index (χ4n) is 2.00. The molecular weight excluding hydrogens is 218 g/mol. The standard InChI is InChI=1S/C12H15N3O2/c1-5-6(2)14-12-9(10(5)17)4-8(7(3)16)11(13)15-12/h8H,4H2,1-3H3,(H3,13,14,15,17). The third-order valence-electron chi connectivity index (χ3n) is 3.27. The van der Waals surface area contributed by atoms with Crippen LogP contribution in [0.4, 0.5) is 5.82 Å². The van der Waals surface area contributed by atoms with E-state index < -0.39 is 5.92 Å². The van der Waals surface area contributed by atoms with Gasteiger partial charge in [0.05, 0.1) is 5.92 Å². The second-order valence-electron chi connectivity index (χ2n) is 4.44. The summed E-state index contributed by atoms with van der Waals surface area (Å²) in [6, 6.07) is 0. The molecule has 1 atom stereocenters. The number of nitrogens with zero attached hydrogens (tertiary/aromatic N) is 1. The van der Waals surface area contributed by atoms with Crippen molar-refractivity contribution >= 4 is 17.4 Å². The SMILES string of the molecule is CC(=O)C1Cc2c([nH]c(C)c(C)c2=O)N=C1N. The van der Waals surface area contributed by atoms with Gasteiger partial charge in [0.2, 0.25) is 0 Å². The molecule has 0 bridgehead atoms. The van der Waals surface area contributed by atoms with E-state index in [1.54, 1.807) is 6.92 Å². The van der Waals surface area contributed by atoms with Crippen molar-refractivity contribution in [1.29, 1.82) is 0 Å². The lowest BCUT2D eigenvalue weighted by atomic mass is 9.91. The highest BCUT2D eigenvalue weighted by molar-refractivity contribution is 6.04. The zero-order valence-corrected chi connectivity index (χ0v) is 10.1. The Kier molecular flexibility index (Phi) is 2.61. The number of rotatable bonds is 1. The number of pyridine rings is 1. The predicted molar refractivity (Wildman–Crippen MR) is 65.7 cm³/mol. The topological polar surface area (TPSA) is 88.3 Å². The number of H-pyrrole nitrogens is 1. The van der Waals surface area contributed by atoms with Crippen molar-refractivity contribution in [3.8, 4) is 0 Å². The summed E-state index contributed by atoms with van der Waals surface area (Å²) in [6.07, 6.45) is 0.344. The summed E-state index contributed by atoms with van der Waals surface area (Å²) in [5.74, 6) is 0.247.